The molecule has 7 rings (SSSR count). The summed E-state index contributed by atoms with van der Waals surface area (Å²) < 4.78 is 0. The average Bonchev–Trinajstić information content (AvgIpc) is 3.57. The van der Waals surface area contributed by atoms with Crippen molar-refractivity contribution in [3.05, 3.63) is 170 Å². The highest BCUT2D eigenvalue weighted by Crippen LogP contribution is 2.31. The Kier molecular flexibility index (Phi) is 14.9. The molecule has 4 aromatic heterocycles. The highest BCUT2D eigenvalue weighted by atomic mass is 16.1. The Bertz CT molecular complexity index is 2090. The summed E-state index contributed by atoms with van der Waals surface area (Å²) in [4.78, 5) is 34.2. The minimum absolute atomic E-state index is 0.0370. The normalized spacial score (nSPS) is 11.6. The average molecular weight is 669 g/mol. The third kappa shape index (κ3) is 12.4. The Morgan fingerprint density at radius 3 is 1.78 bits per heavy atom. The van der Waals surface area contributed by atoms with Crippen molar-refractivity contribution in [1.82, 2.24) is 29.9 Å². The molecule has 0 saturated heterocycles. The number of H-pyrrole nitrogens is 1. The minimum atomic E-state index is -0.0370. The Morgan fingerprint density at radius 2 is 1.30 bits per heavy atom. The second-order valence-corrected chi connectivity index (χ2v) is 12.1. The van der Waals surface area contributed by atoms with Gasteiger partial charge in [0.1, 0.15) is 0 Å². The van der Waals surface area contributed by atoms with Crippen molar-refractivity contribution in [1.29, 1.82) is 0 Å². The molecular formula is C42H48N6O2. The molecule has 6 aromatic rings. The fraction of sp³-hybridized carbons (Fsp3) is 0.238. The number of Topliss-reactive ketones (excluding diaryl/α,β-unsaturated/α-hetero) is 1. The number of hydrogen-bond donors (Lipinski definition) is 1. The zero-order valence-electron chi connectivity index (χ0n) is 30.7. The summed E-state index contributed by atoms with van der Waals surface area (Å²) in [6.45, 7) is 17.5. The number of aromatic amines is 1. The molecule has 0 amide bonds. The molecule has 1 aliphatic rings. The molecule has 50 heavy (non-hydrogen) atoms. The fourth-order valence-electron chi connectivity index (χ4n) is 5.02. The number of carbonyl (C=O) groups excluding carboxylic acids is 1. The number of nitrogens with zero attached hydrogens (tertiary/aromatic N) is 5. The molecule has 0 unspecified atom stereocenters. The van der Waals surface area contributed by atoms with E-state index in [1.165, 1.54) is 28.2 Å². The number of para-hydroxylation sites is 2. The van der Waals surface area contributed by atoms with E-state index in [0.717, 1.165) is 51.7 Å². The summed E-state index contributed by atoms with van der Waals surface area (Å²) in [6, 6.07) is 33.1. The van der Waals surface area contributed by atoms with Crippen LogP contribution < -0.4 is 5.56 Å². The Balaban J connectivity index is 0.000000172. The van der Waals surface area contributed by atoms with Crippen LogP contribution in [0.15, 0.2) is 136 Å². The van der Waals surface area contributed by atoms with E-state index in [2.05, 4.69) is 44.2 Å². The Hall–Kier alpha value is -5.76. The maximum absolute atomic E-state index is 11.1. The van der Waals surface area contributed by atoms with Crippen LogP contribution in [0.25, 0.3) is 16.6 Å². The molecule has 0 bridgehead atoms. The van der Waals surface area contributed by atoms with Gasteiger partial charge in [0.05, 0.1) is 22.6 Å². The van der Waals surface area contributed by atoms with Gasteiger partial charge in [0, 0.05) is 40.3 Å². The number of nitrogens with one attached hydrogen (secondary N) is 1. The third-order valence-electron chi connectivity index (χ3n) is 7.79. The second-order valence-electron chi connectivity index (χ2n) is 12.1. The molecule has 0 spiro atoms. The Morgan fingerprint density at radius 1 is 0.660 bits per heavy atom. The number of allylic oxidation sites excluding steroid dienone is 4. The van der Waals surface area contributed by atoms with Gasteiger partial charge in [-0.1, -0.05) is 65.7 Å². The molecule has 2 aromatic carbocycles. The molecule has 4 heterocycles. The van der Waals surface area contributed by atoms with E-state index in [1.807, 2.05) is 127 Å². The third-order valence-corrected chi connectivity index (χ3v) is 7.79. The fourth-order valence-corrected chi connectivity index (χ4v) is 5.02. The predicted octanol–water partition coefficient (Wildman–Crippen LogP) is 9.13. The molecule has 258 valence electrons. The number of aromatic nitrogens is 6. The van der Waals surface area contributed by atoms with Crippen LogP contribution in [0.1, 0.15) is 62.6 Å². The van der Waals surface area contributed by atoms with Crippen molar-refractivity contribution in [3.63, 3.8) is 0 Å². The van der Waals surface area contributed by atoms with Gasteiger partial charge < -0.3 is 4.98 Å². The van der Waals surface area contributed by atoms with Gasteiger partial charge in [-0.15, -0.1) is 0 Å². The van der Waals surface area contributed by atoms with Crippen LogP contribution in [0.5, 0.6) is 0 Å². The first-order chi connectivity index (χ1) is 23.8. The summed E-state index contributed by atoms with van der Waals surface area (Å²) in [5.41, 5.74) is 11.8. The number of rotatable bonds is 2. The van der Waals surface area contributed by atoms with Crippen molar-refractivity contribution in [2.45, 2.75) is 68.7 Å². The van der Waals surface area contributed by atoms with Crippen molar-refractivity contribution in [2.24, 2.45) is 0 Å². The van der Waals surface area contributed by atoms with Gasteiger partial charge in [0.2, 0.25) is 5.56 Å². The largest absolute Gasteiger partial charge is 0.327 e. The van der Waals surface area contributed by atoms with Gasteiger partial charge in [-0.05, 0) is 117 Å². The molecule has 1 aliphatic carbocycles. The SMILES string of the molecule is CC(=O)C1=C(C)CC(C)=C1C.Cc1ccc2ccccc2n1.Cc1cccc(=O)[nH]1.Cc1ccccn1.Cc1nn(-c2ccccc2)nc1C. The molecule has 0 atom stereocenters. The molecule has 0 saturated carbocycles. The van der Waals surface area contributed by atoms with Crippen LogP contribution in [0.2, 0.25) is 0 Å². The lowest BCUT2D eigenvalue weighted by atomic mass is 10.0. The lowest BCUT2D eigenvalue weighted by Crippen LogP contribution is -2.02. The molecule has 8 nitrogen and oxygen atoms in total. The van der Waals surface area contributed by atoms with E-state index < -0.39 is 0 Å². The number of benzene rings is 2. The molecule has 1 N–H and O–H groups in total. The van der Waals surface area contributed by atoms with E-state index in [-0.39, 0.29) is 11.3 Å². The molecule has 0 fully saturated rings. The summed E-state index contributed by atoms with van der Waals surface area (Å²) in [6.07, 6.45) is 2.77. The smallest absolute Gasteiger partial charge is 0.248 e. The van der Waals surface area contributed by atoms with Crippen molar-refractivity contribution < 1.29 is 4.79 Å². The second kappa shape index (κ2) is 19.3. The monoisotopic (exact) mass is 668 g/mol. The van der Waals surface area contributed by atoms with Crippen molar-refractivity contribution in [3.8, 4) is 5.69 Å². The van der Waals surface area contributed by atoms with Gasteiger partial charge in [-0.25, -0.2) is 0 Å². The van der Waals surface area contributed by atoms with Crippen LogP contribution >= 0.6 is 0 Å². The molecular weight excluding hydrogens is 621 g/mol. The molecule has 8 heteroatoms. The van der Waals surface area contributed by atoms with Crippen LogP contribution in [0.3, 0.4) is 0 Å². The van der Waals surface area contributed by atoms with Gasteiger partial charge >= 0.3 is 0 Å². The summed E-state index contributed by atoms with van der Waals surface area (Å²) in [5, 5.41) is 9.78. The van der Waals surface area contributed by atoms with E-state index >= 15 is 0 Å². The number of aryl methyl sites for hydroxylation is 5. The quantitative estimate of drug-likeness (QED) is 0.197. The minimum Gasteiger partial charge on any atom is -0.327 e. The van der Waals surface area contributed by atoms with Crippen LogP contribution in [0, 0.1) is 34.6 Å². The zero-order valence-corrected chi connectivity index (χ0v) is 30.7. The lowest BCUT2D eigenvalue weighted by molar-refractivity contribution is -0.113. The first-order valence-corrected chi connectivity index (χ1v) is 16.5. The van der Waals surface area contributed by atoms with Crippen molar-refractivity contribution in [2.75, 3.05) is 0 Å². The number of carbonyl (C=O) groups is 1. The van der Waals surface area contributed by atoms with E-state index in [9.17, 15) is 9.59 Å². The number of hydrogen-bond acceptors (Lipinski definition) is 6. The molecule has 0 aliphatic heterocycles. The van der Waals surface area contributed by atoms with E-state index in [0.29, 0.717) is 0 Å². The van der Waals surface area contributed by atoms with Crippen LogP contribution in [-0.2, 0) is 4.79 Å². The van der Waals surface area contributed by atoms with Gasteiger partial charge in [-0.3, -0.25) is 19.6 Å². The summed E-state index contributed by atoms with van der Waals surface area (Å²) >= 11 is 0. The first kappa shape index (κ1) is 38.7. The highest BCUT2D eigenvalue weighted by Gasteiger charge is 2.18. The maximum Gasteiger partial charge on any atom is 0.248 e. The summed E-state index contributed by atoms with van der Waals surface area (Å²) in [7, 11) is 0. The molecule has 0 radical (unpaired) electrons. The highest BCUT2D eigenvalue weighted by molar-refractivity contribution is 5.99. The van der Waals surface area contributed by atoms with Gasteiger partial charge in [0.25, 0.3) is 0 Å². The van der Waals surface area contributed by atoms with Crippen molar-refractivity contribution >= 4 is 16.7 Å². The topological polar surface area (TPSA) is 106 Å². The maximum atomic E-state index is 11.1. The standard InChI is InChI=1S/C10H11N3.C10H9N.C10H14O.C6H7NO.C6H7N/c1-8-9(2)12-13(11-8)10-6-4-3-5-7-10;1-8-6-7-9-4-2-3-5-10(9)11-8;1-6-5-7(2)10(8(6)3)9(4)11;1-5-3-2-4-6(8)7-5;1-6-4-2-3-5-7-6/h3-7H,1-2H3;2-7H,1H3;5H2,1-4H3;2-4H,1H3,(H,7,8);2-5H,1H3. The van der Waals surface area contributed by atoms with E-state index in [1.54, 1.807) is 24.0 Å². The van der Waals surface area contributed by atoms with Gasteiger partial charge in [-0.2, -0.15) is 15.0 Å². The number of ketones is 1. The number of pyridine rings is 3. The first-order valence-electron chi connectivity index (χ1n) is 16.5. The zero-order chi connectivity index (χ0) is 36.6. The Labute approximate surface area is 295 Å². The van der Waals surface area contributed by atoms with Gasteiger partial charge in [0.15, 0.2) is 5.78 Å². The van der Waals surface area contributed by atoms with Crippen LogP contribution in [0.4, 0.5) is 0 Å². The summed E-state index contributed by atoms with van der Waals surface area (Å²) in [5.74, 6) is 0.205. The predicted molar refractivity (Wildman–Crippen MR) is 204 cm³/mol. The van der Waals surface area contributed by atoms with Crippen LogP contribution in [-0.4, -0.2) is 35.7 Å². The van der Waals surface area contributed by atoms with E-state index in [4.69, 9.17) is 0 Å². The number of fused-ring (bicyclic) bond motifs is 1. The lowest BCUT2D eigenvalue weighted by Gasteiger charge is -1.99.